The summed E-state index contributed by atoms with van der Waals surface area (Å²) in [5, 5.41) is 3.56. The van der Waals surface area contributed by atoms with Gasteiger partial charge in [-0.3, -0.25) is 4.79 Å². The number of ether oxygens (including phenoxy) is 1. The van der Waals surface area contributed by atoms with Crippen LogP contribution in [0.2, 0.25) is 0 Å². The van der Waals surface area contributed by atoms with Crippen molar-refractivity contribution in [2.75, 3.05) is 6.61 Å². The minimum atomic E-state index is 0.391. The first kappa shape index (κ1) is 8.99. The Balaban J connectivity index is 1.99. The van der Waals surface area contributed by atoms with Crippen molar-refractivity contribution in [1.29, 1.82) is 0 Å². The van der Waals surface area contributed by atoms with Crippen molar-refractivity contribution in [2.45, 2.75) is 25.4 Å². The van der Waals surface area contributed by atoms with Crippen molar-refractivity contribution < 1.29 is 9.53 Å². The van der Waals surface area contributed by atoms with Crippen LogP contribution >= 0.6 is 0 Å². The second kappa shape index (κ2) is 4.71. The van der Waals surface area contributed by atoms with E-state index in [1.165, 1.54) is 0 Å². The molecule has 5 nitrogen and oxygen atoms in total. The number of hydrogen-bond acceptors (Lipinski definition) is 3. The maximum atomic E-state index is 9.80. The first-order valence-corrected chi connectivity index (χ1v) is 3.95. The van der Waals surface area contributed by atoms with E-state index in [2.05, 4.69) is 10.5 Å². The first-order chi connectivity index (χ1) is 5.83. The molecule has 1 saturated carbocycles. The van der Waals surface area contributed by atoms with Crippen molar-refractivity contribution in [3.05, 3.63) is 0 Å². The maximum absolute atomic E-state index is 9.80. The Bertz CT molecular complexity index is 177. The Morgan fingerprint density at radius 1 is 1.75 bits per heavy atom. The van der Waals surface area contributed by atoms with Gasteiger partial charge in [-0.15, -0.1) is 0 Å². The molecule has 1 amide bonds. The minimum absolute atomic E-state index is 0.391. The number of amidine groups is 1. The molecule has 0 saturated heterocycles. The Hall–Kier alpha value is -1.10. The van der Waals surface area contributed by atoms with Crippen LogP contribution in [0.5, 0.6) is 0 Å². The number of rotatable bonds is 6. The van der Waals surface area contributed by atoms with Gasteiger partial charge in [-0.2, -0.15) is 5.10 Å². The van der Waals surface area contributed by atoms with Gasteiger partial charge in [0.1, 0.15) is 5.84 Å². The lowest BCUT2D eigenvalue weighted by atomic mass is 10.4. The van der Waals surface area contributed by atoms with Crippen LogP contribution in [0.25, 0.3) is 0 Å². The van der Waals surface area contributed by atoms with Crippen LogP contribution < -0.4 is 11.2 Å². The summed E-state index contributed by atoms with van der Waals surface area (Å²) < 4.78 is 5.33. The summed E-state index contributed by atoms with van der Waals surface area (Å²) in [7, 11) is 0. The molecule has 0 bridgehead atoms. The molecule has 0 spiro atoms. The summed E-state index contributed by atoms with van der Waals surface area (Å²) in [6.45, 7) is 0.584. The Morgan fingerprint density at radius 3 is 3.08 bits per heavy atom. The summed E-state index contributed by atoms with van der Waals surface area (Å²) in [4.78, 5) is 9.80. The molecule has 0 heterocycles. The number of carbonyl (C=O) groups excluding carboxylic acids is 1. The molecule has 0 atom stereocenters. The number of nitrogens with two attached hydrogens (primary N) is 1. The quantitative estimate of drug-likeness (QED) is 0.246. The van der Waals surface area contributed by atoms with Crippen LogP contribution in [0.1, 0.15) is 19.3 Å². The maximum Gasteiger partial charge on any atom is 0.227 e. The van der Waals surface area contributed by atoms with Gasteiger partial charge >= 0.3 is 0 Å². The monoisotopic (exact) mass is 171 g/mol. The first-order valence-electron chi connectivity index (χ1n) is 3.95. The summed E-state index contributed by atoms with van der Waals surface area (Å²) in [6.07, 6.45) is 3.80. The molecule has 0 aromatic carbocycles. The van der Waals surface area contributed by atoms with Gasteiger partial charge in [-0.1, -0.05) is 0 Å². The minimum Gasteiger partial charge on any atom is -0.386 e. The average molecular weight is 171 g/mol. The normalized spacial score (nSPS) is 17.5. The third kappa shape index (κ3) is 3.92. The Kier molecular flexibility index (Phi) is 3.53. The van der Waals surface area contributed by atoms with Crippen molar-refractivity contribution in [2.24, 2.45) is 10.8 Å². The van der Waals surface area contributed by atoms with Crippen LogP contribution in [0, 0.1) is 0 Å². The fourth-order valence-corrected chi connectivity index (χ4v) is 0.730. The molecule has 12 heavy (non-hydrogen) atoms. The molecule has 0 aromatic heterocycles. The van der Waals surface area contributed by atoms with Crippen LogP contribution in [0.15, 0.2) is 5.10 Å². The van der Waals surface area contributed by atoms with Gasteiger partial charge in [-0.05, 0) is 12.8 Å². The molecular weight excluding hydrogens is 158 g/mol. The summed E-state index contributed by atoms with van der Waals surface area (Å²) in [6, 6.07) is 0. The van der Waals surface area contributed by atoms with Crippen LogP contribution in [-0.2, 0) is 9.53 Å². The summed E-state index contributed by atoms with van der Waals surface area (Å²) >= 11 is 0. The smallest absolute Gasteiger partial charge is 0.227 e. The van der Waals surface area contributed by atoms with E-state index in [1.54, 1.807) is 0 Å². The van der Waals surface area contributed by atoms with Gasteiger partial charge in [0.25, 0.3) is 0 Å². The van der Waals surface area contributed by atoms with E-state index in [0.717, 1.165) is 12.8 Å². The highest BCUT2D eigenvalue weighted by molar-refractivity contribution is 5.80. The highest BCUT2D eigenvalue weighted by Gasteiger charge is 2.21. The lowest BCUT2D eigenvalue weighted by molar-refractivity contribution is -0.109. The van der Waals surface area contributed by atoms with E-state index >= 15 is 0 Å². The van der Waals surface area contributed by atoms with E-state index in [4.69, 9.17) is 10.5 Å². The van der Waals surface area contributed by atoms with E-state index in [9.17, 15) is 4.79 Å². The molecule has 0 aliphatic heterocycles. The number of carbonyl (C=O) groups is 1. The highest BCUT2D eigenvalue weighted by atomic mass is 16.5. The molecule has 1 rings (SSSR count). The molecule has 1 aliphatic rings. The topological polar surface area (TPSA) is 76.7 Å². The highest BCUT2D eigenvalue weighted by Crippen LogP contribution is 2.23. The second-order valence-electron chi connectivity index (χ2n) is 2.67. The molecular formula is C7H13N3O2. The number of hydrogen-bond donors (Lipinski definition) is 2. The molecule has 3 N–H and O–H groups in total. The van der Waals surface area contributed by atoms with Crippen molar-refractivity contribution in [3.8, 4) is 0 Å². The number of nitrogens with one attached hydrogen (secondary N) is 1. The molecule has 0 radical (unpaired) electrons. The lowest BCUT2D eigenvalue weighted by Crippen LogP contribution is -2.19. The number of nitrogens with zero attached hydrogens (tertiary/aromatic N) is 1. The largest absolute Gasteiger partial charge is 0.386 e. The van der Waals surface area contributed by atoms with Crippen LogP contribution in [0.4, 0.5) is 0 Å². The predicted octanol–water partition coefficient (Wildman–Crippen LogP) is -0.426. The molecule has 1 fully saturated rings. The third-order valence-electron chi connectivity index (χ3n) is 1.50. The van der Waals surface area contributed by atoms with E-state index in [-0.39, 0.29) is 0 Å². The average Bonchev–Trinajstić information content (AvgIpc) is 2.84. The number of amides is 1. The number of hydrazone groups is 1. The zero-order chi connectivity index (χ0) is 8.81. The van der Waals surface area contributed by atoms with Gasteiger partial charge in [0.2, 0.25) is 6.41 Å². The Morgan fingerprint density at radius 2 is 2.50 bits per heavy atom. The molecule has 0 unspecified atom stereocenters. The zero-order valence-corrected chi connectivity index (χ0v) is 6.82. The van der Waals surface area contributed by atoms with Gasteiger partial charge in [0.05, 0.1) is 12.7 Å². The van der Waals surface area contributed by atoms with E-state index in [1.807, 2.05) is 0 Å². The fraction of sp³-hybridized carbons (Fsp3) is 0.714. The predicted molar refractivity (Wildman–Crippen MR) is 44.4 cm³/mol. The van der Waals surface area contributed by atoms with Crippen LogP contribution in [-0.4, -0.2) is 25.0 Å². The summed E-state index contributed by atoms with van der Waals surface area (Å²) in [5.41, 5.74) is 7.54. The third-order valence-corrected chi connectivity index (χ3v) is 1.50. The van der Waals surface area contributed by atoms with Gasteiger partial charge in [0.15, 0.2) is 0 Å². The summed E-state index contributed by atoms with van der Waals surface area (Å²) in [5.74, 6) is 0.391. The van der Waals surface area contributed by atoms with Crippen molar-refractivity contribution >= 4 is 12.2 Å². The van der Waals surface area contributed by atoms with Crippen LogP contribution in [0.3, 0.4) is 0 Å². The Labute approximate surface area is 71.0 Å². The molecule has 5 heteroatoms. The zero-order valence-electron chi connectivity index (χ0n) is 6.82. The fourth-order valence-electron chi connectivity index (χ4n) is 0.730. The molecule has 68 valence electrons. The molecule has 0 aromatic rings. The lowest BCUT2D eigenvalue weighted by Gasteiger charge is -2.00. The van der Waals surface area contributed by atoms with Gasteiger partial charge in [-0.25, -0.2) is 5.43 Å². The van der Waals surface area contributed by atoms with E-state index in [0.29, 0.717) is 31.4 Å². The van der Waals surface area contributed by atoms with Gasteiger partial charge in [0, 0.05) is 6.42 Å². The standard InChI is InChI=1S/C7H13N3O2/c8-7(10-9-5-11)3-4-12-6-1-2-6/h5-6H,1-4H2,(H2,8,10)(H,9,11). The van der Waals surface area contributed by atoms with Crippen molar-refractivity contribution in [1.82, 2.24) is 5.43 Å². The van der Waals surface area contributed by atoms with Crippen molar-refractivity contribution in [3.63, 3.8) is 0 Å². The van der Waals surface area contributed by atoms with Gasteiger partial charge < -0.3 is 10.5 Å². The van der Waals surface area contributed by atoms with E-state index < -0.39 is 0 Å². The molecule has 1 aliphatic carbocycles. The second-order valence-corrected chi connectivity index (χ2v) is 2.67. The SMILES string of the molecule is N/C(CCOC1CC1)=N/NC=O.